The molecule has 6 heteroatoms. The summed E-state index contributed by atoms with van der Waals surface area (Å²) < 4.78 is 0.862. The van der Waals surface area contributed by atoms with Crippen molar-refractivity contribution in [1.29, 1.82) is 0 Å². The van der Waals surface area contributed by atoms with E-state index in [1.165, 1.54) is 0 Å². The van der Waals surface area contributed by atoms with Gasteiger partial charge in [0.1, 0.15) is 11.6 Å². The van der Waals surface area contributed by atoms with Gasteiger partial charge in [-0.15, -0.1) is 0 Å². The van der Waals surface area contributed by atoms with Crippen LogP contribution in [0.1, 0.15) is 17.0 Å². The van der Waals surface area contributed by atoms with Gasteiger partial charge in [0.15, 0.2) is 0 Å². The summed E-state index contributed by atoms with van der Waals surface area (Å²) in [5.74, 6) is -0.528. The van der Waals surface area contributed by atoms with Crippen molar-refractivity contribution in [3.63, 3.8) is 0 Å². The average Bonchev–Trinajstić information content (AvgIpc) is 2.93. The summed E-state index contributed by atoms with van der Waals surface area (Å²) in [7, 11) is 0. The maximum absolute atomic E-state index is 11.2. The predicted octanol–water partition coefficient (Wildman–Crippen LogP) is 3.57. The molecule has 0 saturated heterocycles. The Bertz CT molecular complexity index is 703. The van der Waals surface area contributed by atoms with Gasteiger partial charge in [0.25, 0.3) is 0 Å². The Morgan fingerprint density at radius 2 is 1.90 bits per heavy atom. The molecule has 2 aromatic rings. The molecule has 0 bridgehead atoms. The number of hydrogen-bond acceptors (Lipinski definition) is 4. The second kappa shape index (κ2) is 5.65. The number of hydrogen-bond donors (Lipinski definition) is 0. The van der Waals surface area contributed by atoms with Crippen LogP contribution in [0.15, 0.2) is 64.2 Å². The zero-order chi connectivity index (χ0) is 14.8. The van der Waals surface area contributed by atoms with Gasteiger partial charge in [-0.3, -0.25) is 10.1 Å². The van der Waals surface area contributed by atoms with E-state index in [2.05, 4.69) is 21.1 Å². The Morgan fingerprint density at radius 1 is 1.14 bits per heavy atom. The SMILES string of the molecule is O=[N+]([O-])C1ON=C(c2ccccc2)C1c1cccc(Br)c1. The van der Waals surface area contributed by atoms with Crippen LogP contribution in [0.2, 0.25) is 0 Å². The van der Waals surface area contributed by atoms with Crippen molar-refractivity contribution in [2.24, 2.45) is 5.16 Å². The third-order valence-electron chi connectivity index (χ3n) is 3.32. The van der Waals surface area contributed by atoms with Crippen molar-refractivity contribution in [1.82, 2.24) is 0 Å². The molecule has 1 heterocycles. The van der Waals surface area contributed by atoms with Crippen LogP contribution in [-0.2, 0) is 4.84 Å². The molecule has 0 radical (unpaired) electrons. The van der Waals surface area contributed by atoms with Crippen LogP contribution >= 0.6 is 15.9 Å². The summed E-state index contributed by atoms with van der Waals surface area (Å²) >= 11 is 3.39. The van der Waals surface area contributed by atoms with E-state index in [0.717, 1.165) is 15.6 Å². The topological polar surface area (TPSA) is 64.7 Å². The molecule has 2 unspecified atom stereocenters. The molecule has 106 valence electrons. The number of benzene rings is 2. The Morgan fingerprint density at radius 3 is 2.57 bits per heavy atom. The van der Waals surface area contributed by atoms with Gasteiger partial charge in [-0.2, -0.15) is 0 Å². The summed E-state index contributed by atoms with van der Waals surface area (Å²) in [6.07, 6.45) is -1.20. The maximum atomic E-state index is 11.2. The van der Waals surface area contributed by atoms with E-state index >= 15 is 0 Å². The minimum Gasteiger partial charge on any atom is -0.320 e. The smallest absolute Gasteiger partial charge is 0.320 e. The van der Waals surface area contributed by atoms with E-state index in [1.54, 1.807) is 0 Å². The van der Waals surface area contributed by atoms with Crippen molar-refractivity contribution in [2.75, 3.05) is 0 Å². The zero-order valence-corrected chi connectivity index (χ0v) is 12.4. The number of nitrogens with zero attached hydrogens (tertiary/aromatic N) is 2. The Balaban J connectivity index is 2.06. The summed E-state index contributed by atoms with van der Waals surface area (Å²) in [6, 6.07) is 16.8. The second-order valence-corrected chi connectivity index (χ2v) is 5.57. The monoisotopic (exact) mass is 346 g/mol. The Kier molecular flexibility index (Phi) is 3.70. The summed E-state index contributed by atoms with van der Waals surface area (Å²) in [5.41, 5.74) is 2.20. The molecule has 2 atom stereocenters. The molecule has 21 heavy (non-hydrogen) atoms. The quantitative estimate of drug-likeness (QED) is 0.630. The molecular formula is C15H11BrN2O3. The Labute approximate surface area is 129 Å². The van der Waals surface area contributed by atoms with Crippen LogP contribution < -0.4 is 0 Å². The molecule has 1 aliphatic heterocycles. The molecule has 0 fully saturated rings. The first-order valence-corrected chi connectivity index (χ1v) is 7.14. The minimum absolute atomic E-state index is 0.439. The molecule has 2 aromatic carbocycles. The molecule has 5 nitrogen and oxygen atoms in total. The van der Waals surface area contributed by atoms with Crippen LogP contribution in [0.25, 0.3) is 0 Å². The van der Waals surface area contributed by atoms with Gasteiger partial charge in [-0.1, -0.05) is 63.6 Å². The van der Waals surface area contributed by atoms with Crippen LogP contribution in [-0.4, -0.2) is 16.9 Å². The van der Waals surface area contributed by atoms with Crippen LogP contribution in [0, 0.1) is 10.1 Å². The zero-order valence-electron chi connectivity index (χ0n) is 10.8. The fourth-order valence-electron chi connectivity index (χ4n) is 2.39. The first-order valence-electron chi connectivity index (χ1n) is 6.35. The van der Waals surface area contributed by atoms with Gasteiger partial charge in [-0.25, -0.2) is 0 Å². The van der Waals surface area contributed by atoms with Gasteiger partial charge < -0.3 is 4.84 Å². The lowest BCUT2D eigenvalue weighted by Crippen LogP contribution is -2.29. The molecule has 0 amide bonds. The molecule has 0 aliphatic carbocycles. The molecule has 0 aromatic heterocycles. The van der Waals surface area contributed by atoms with E-state index in [9.17, 15) is 10.1 Å². The highest BCUT2D eigenvalue weighted by Crippen LogP contribution is 2.33. The van der Waals surface area contributed by atoms with E-state index in [0.29, 0.717) is 5.71 Å². The first kappa shape index (κ1) is 13.8. The highest BCUT2D eigenvalue weighted by atomic mass is 79.9. The van der Waals surface area contributed by atoms with Crippen molar-refractivity contribution in [3.8, 4) is 0 Å². The predicted molar refractivity (Wildman–Crippen MR) is 81.7 cm³/mol. The third kappa shape index (κ3) is 2.67. The number of oxime groups is 1. The lowest BCUT2D eigenvalue weighted by atomic mass is 9.89. The highest BCUT2D eigenvalue weighted by Gasteiger charge is 2.44. The van der Waals surface area contributed by atoms with Crippen LogP contribution in [0.4, 0.5) is 0 Å². The fraction of sp³-hybridized carbons (Fsp3) is 0.133. The van der Waals surface area contributed by atoms with Gasteiger partial charge >= 0.3 is 6.23 Å². The molecule has 0 saturated carbocycles. The van der Waals surface area contributed by atoms with E-state index in [4.69, 9.17) is 4.84 Å². The average molecular weight is 347 g/mol. The van der Waals surface area contributed by atoms with Gasteiger partial charge in [0.2, 0.25) is 0 Å². The van der Waals surface area contributed by atoms with E-state index in [1.807, 2.05) is 54.6 Å². The van der Waals surface area contributed by atoms with Crippen LogP contribution in [0.5, 0.6) is 0 Å². The first-order chi connectivity index (χ1) is 10.2. The fourth-order valence-corrected chi connectivity index (χ4v) is 2.80. The molecule has 3 rings (SSSR count). The third-order valence-corrected chi connectivity index (χ3v) is 3.82. The van der Waals surface area contributed by atoms with Crippen molar-refractivity contribution >= 4 is 21.6 Å². The summed E-state index contributed by atoms with van der Waals surface area (Å²) in [5, 5.41) is 15.2. The van der Waals surface area contributed by atoms with E-state index in [-0.39, 0.29) is 0 Å². The molecule has 0 N–H and O–H groups in total. The number of rotatable bonds is 3. The molecule has 0 spiro atoms. The van der Waals surface area contributed by atoms with Crippen molar-refractivity contribution in [2.45, 2.75) is 12.1 Å². The van der Waals surface area contributed by atoms with Gasteiger partial charge in [0.05, 0.1) is 4.92 Å². The van der Waals surface area contributed by atoms with Gasteiger partial charge in [0, 0.05) is 10.0 Å². The number of nitro groups is 1. The van der Waals surface area contributed by atoms with Crippen LogP contribution in [0.3, 0.4) is 0 Å². The largest absolute Gasteiger partial charge is 0.387 e. The van der Waals surface area contributed by atoms with Crippen molar-refractivity contribution in [3.05, 3.63) is 80.3 Å². The lowest BCUT2D eigenvalue weighted by molar-refractivity contribution is -0.574. The van der Waals surface area contributed by atoms with E-state index < -0.39 is 17.1 Å². The normalized spacial score (nSPS) is 20.7. The number of halogens is 1. The molecular weight excluding hydrogens is 336 g/mol. The van der Waals surface area contributed by atoms with Crippen molar-refractivity contribution < 1.29 is 9.76 Å². The highest BCUT2D eigenvalue weighted by molar-refractivity contribution is 9.10. The summed E-state index contributed by atoms with van der Waals surface area (Å²) in [4.78, 5) is 15.9. The standard InChI is InChI=1S/C15H11BrN2O3/c16-12-8-4-7-11(9-12)13-14(10-5-2-1-3-6-10)17-21-15(13)18(19)20/h1-9,13,15H. The molecule has 1 aliphatic rings. The maximum Gasteiger partial charge on any atom is 0.387 e. The minimum atomic E-state index is -1.20. The van der Waals surface area contributed by atoms with Gasteiger partial charge in [-0.05, 0) is 17.7 Å². The summed E-state index contributed by atoms with van der Waals surface area (Å²) in [6.45, 7) is 0. The lowest BCUT2D eigenvalue weighted by Gasteiger charge is -2.14. The second-order valence-electron chi connectivity index (χ2n) is 4.66. The Hall–Kier alpha value is -2.21.